The van der Waals surface area contributed by atoms with Crippen LogP contribution in [0.2, 0.25) is 0 Å². The second kappa shape index (κ2) is 10.5. The monoisotopic (exact) mass is 278 g/mol. The number of nitrogens with zero attached hydrogens (tertiary/aromatic N) is 2. The molecule has 0 fully saturated rings. The first-order chi connectivity index (χ1) is 9.72. The van der Waals surface area contributed by atoms with Crippen molar-refractivity contribution in [3.8, 4) is 0 Å². The Morgan fingerprint density at radius 2 is 1.85 bits per heavy atom. The molecule has 4 heteroatoms. The number of aromatic nitrogens is 2. The molecule has 0 aliphatic rings. The number of hydrogen-bond acceptors (Lipinski definition) is 4. The zero-order valence-electron chi connectivity index (χ0n) is 13.3. The molecule has 0 spiro atoms. The second-order valence-electron chi connectivity index (χ2n) is 5.72. The summed E-state index contributed by atoms with van der Waals surface area (Å²) in [6, 6.07) is 1.93. The minimum atomic E-state index is 0.716. The van der Waals surface area contributed by atoms with Crippen LogP contribution in [0.25, 0.3) is 0 Å². The Morgan fingerprint density at radius 1 is 1.05 bits per heavy atom. The predicted octanol–water partition coefficient (Wildman–Crippen LogP) is 4.32. The van der Waals surface area contributed by atoms with E-state index in [0.29, 0.717) is 5.95 Å². The molecule has 0 atom stereocenters. The van der Waals surface area contributed by atoms with Gasteiger partial charge < -0.3 is 10.6 Å². The van der Waals surface area contributed by atoms with Crippen molar-refractivity contribution in [1.82, 2.24) is 9.97 Å². The Hall–Kier alpha value is -1.32. The van der Waals surface area contributed by atoms with Crippen molar-refractivity contribution in [2.24, 2.45) is 5.92 Å². The Balaban J connectivity index is 2.12. The summed E-state index contributed by atoms with van der Waals surface area (Å²) in [5, 5.41) is 6.57. The van der Waals surface area contributed by atoms with E-state index in [2.05, 4.69) is 41.4 Å². The smallest absolute Gasteiger partial charge is 0.224 e. The minimum absolute atomic E-state index is 0.716. The molecular formula is C16H30N4. The van der Waals surface area contributed by atoms with E-state index < -0.39 is 0 Å². The van der Waals surface area contributed by atoms with E-state index in [1.54, 1.807) is 6.20 Å². The number of unbranched alkanes of at least 4 members (excludes halogenated alkanes) is 3. The number of anilines is 2. The zero-order valence-corrected chi connectivity index (χ0v) is 13.3. The molecule has 0 amide bonds. The van der Waals surface area contributed by atoms with Crippen molar-refractivity contribution in [3.63, 3.8) is 0 Å². The van der Waals surface area contributed by atoms with E-state index >= 15 is 0 Å². The average Bonchev–Trinajstić information content (AvgIpc) is 2.44. The van der Waals surface area contributed by atoms with Crippen LogP contribution in [0.5, 0.6) is 0 Å². The summed E-state index contributed by atoms with van der Waals surface area (Å²) in [6.07, 6.45) is 9.44. The molecule has 0 radical (unpaired) electrons. The van der Waals surface area contributed by atoms with E-state index in [9.17, 15) is 0 Å². The molecule has 0 aliphatic carbocycles. The lowest BCUT2D eigenvalue weighted by molar-refractivity contribution is 0.523. The lowest BCUT2D eigenvalue weighted by atomic mass is 10.0. The summed E-state index contributed by atoms with van der Waals surface area (Å²) < 4.78 is 0. The van der Waals surface area contributed by atoms with Crippen LogP contribution >= 0.6 is 0 Å². The molecule has 1 rings (SSSR count). The summed E-state index contributed by atoms with van der Waals surface area (Å²) in [5.41, 5.74) is 0. The maximum atomic E-state index is 4.43. The van der Waals surface area contributed by atoms with Crippen molar-refractivity contribution in [2.45, 2.75) is 59.3 Å². The fourth-order valence-electron chi connectivity index (χ4n) is 2.03. The molecule has 0 saturated heterocycles. The van der Waals surface area contributed by atoms with Crippen molar-refractivity contribution < 1.29 is 0 Å². The normalized spacial score (nSPS) is 10.8. The van der Waals surface area contributed by atoms with Crippen LogP contribution in [0.1, 0.15) is 59.3 Å². The van der Waals surface area contributed by atoms with E-state index in [4.69, 9.17) is 0 Å². The standard InChI is InChI=1S/C16H30N4/c1-4-11-18-16-19-13-10-15(20-16)17-12-8-6-5-7-9-14(2)3/h10,13-14H,4-9,11-12H2,1-3H3,(H2,17,18,19,20). The highest BCUT2D eigenvalue weighted by atomic mass is 15.1. The highest BCUT2D eigenvalue weighted by Crippen LogP contribution is 2.10. The number of hydrogen-bond donors (Lipinski definition) is 2. The molecule has 2 N–H and O–H groups in total. The van der Waals surface area contributed by atoms with Crippen molar-refractivity contribution in [3.05, 3.63) is 12.3 Å². The molecule has 0 saturated carbocycles. The van der Waals surface area contributed by atoms with Crippen molar-refractivity contribution in [1.29, 1.82) is 0 Å². The summed E-state index contributed by atoms with van der Waals surface area (Å²) in [5.74, 6) is 2.47. The van der Waals surface area contributed by atoms with Gasteiger partial charge in [0.15, 0.2) is 0 Å². The third-order valence-corrected chi connectivity index (χ3v) is 3.20. The SMILES string of the molecule is CCCNc1nccc(NCCCCCCC(C)C)n1. The highest BCUT2D eigenvalue weighted by Gasteiger charge is 1.98. The topological polar surface area (TPSA) is 49.8 Å². The van der Waals surface area contributed by atoms with Crippen LogP contribution in [0.15, 0.2) is 12.3 Å². The third kappa shape index (κ3) is 7.97. The van der Waals surface area contributed by atoms with Gasteiger partial charge in [-0.05, 0) is 24.8 Å². The van der Waals surface area contributed by atoms with Gasteiger partial charge in [-0.2, -0.15) is 4.98 Å². The van der Waals surface area contributed by atoms with Crippen LogP contribution < -0.4 is 10.6 Å². The fourth-order valence-corrected chi connectivity index (χ4v) is 2.03. The Bertz CT molecular complexity index is 352. The van der Waals surface area contributed by atoms with E-state index in [0.717, 1.165) is 31.2 Å². The third-order valence-electron chi connectivity index (χ3n) is 3.20. The second-order valence-corrected chi connectivity index (χ2v) is 5.72. The van der Waals surface area contributed by atoms with Gasteiger partial charge in [-0.15, -0.1) is 0 Å². The van der Waals surface area contributed by atoms with Crippen LogP contribution in [0.3, 0.4) is 0 Å². The van der Waals surface area contributed by atoms with Crippen molar-refractivity contribution in [2.75, 3.05) is 23.7 Å². The Labute approximate surface area is 123 Å². The molecule has 1 aromatic rings. The Morgan fingerprint density at radius 3 is 2.60 bits per heavy atom. The molecule has 0 unspecified atom stereocenters. The lowest BCUT2D eigenvalue weighted by Gasteiger charge is -2.08. The van der Waals surface area contributed by atoms with Gasteiger partial charge in [0.1, 0.15) is 5.82 Å². The van der Waals surface area contributed by atoms with Gasteiger partial charge in [0, 0.05) is 19.3 Å². The fraction of sp³-hybridized carbons (Fsp3) is 0.750. The summed E-state index contributed by atoms with van der Waals surface area (Å²) in [4.78, 5) is 8.63. The summed E-state index contributed by atoms with van der Waals surface area (Å²) in [7, 11) is 0. The van der Waals surface area contributed by atoms with Gasteiger partial charge in [0.05, 0.1) is 0 Å². The van der Waals surface area contributed by atoms with Crippen molar-refractivity contribution >= 4 is 11.8 Å². The summed E-state index contributed by atoms with van der Waals surface area (Å²) >= 11 is 0. The first kappa shape index (κ1) is 16.7. The molecule has 1 aromatic heterocycles. The molecule has 0 bridgehead atoms. The first-order valence-electron chi connectivity index (χ1n) is 8.03. The Kier molecular flexibility index (Phi) is 8.76. The largest absolute Gasteiger partial charge is 0.370 e. The number of nitrogens with one attached hydrogen (secondary N) is 2. The van der Waals surface area contributed by atoms with E-state index in [1.165, 1.54) is 32.1 Å². The van der Waals surface area contributed by atoms with Crippen LogP contribution in [-0.4, -0.2) is 23.1 Å². The van der Waals surface area contributed by atoms with Gasteiger partial charge >= 0.3 is 0 Å². The maximum Gasteiger partial charge on any atom is 0.224 e. The van der Waals surface area contributed by atoms with Crippen LogP contribution in [0.4, 0.5) is 11.8 Å². The molecule has 1 heterocycles. The molecule has 0 aromatic carbocycles. The maximum absolute atomic E-state index is 4.43. The van der Waals surface area contributed by atoms with Gasteiger partial charge in [0.25, 0.3) is 0 Å². The quantitative estimate of drug-likeness (QED) is 0.592. The molecule has 20 heavy (non-hydrogen) atoms. The summed E-state index contributed by atoms with van der Waals surface area (Å²) in [6.45, 7) is 8.63. The molecule has 0 aliphatic heterocycles. The van der Waals surface area contributed by atoms with E-state index in [-0.39, 0.29) is 0 Å². The number of rotatable bonds is 11. The van der Waals surface area contributed by atoms with Crippen LogP contribution in [0, 0.1) is 5.92 Å². The van der Waals surface area contributed by atoms with Crippen LogP contribution in [-0.2, 0) is 0 Å². The van der Waals surface area contributed by atoms with Gasteiger partial charge in [-0.3, -0.25) is 0 Å². The van der Waals surface area contributed by atoms with Gasteiger partial charge in [-0.25, -0.2) is 4.98 Å². The van der Waals surface area contributed by atoms with Gasteiger partial charge in [0.2, 0.25) is 5.95 Å². The average molecular weight is 278 g/mol. The molecule has 4 nitrogen and oxygen atoms in total. The lowest BCUT2D eigenvalue weighted by Crippen LogP contribution is -2.08. The zero-order chi connectivity index (χ0) is 14.6. The minimum Gasteiger partial charge on any atom is -0.370 e. The predicted molar refractivity (Wildman–Crippen MR) is 87.2 cm³/mol. The molecule has 114 valence electrons. The van der Waals surface area contributed by atoms with Gasteiger partial charge in [-0.1, -0.05) is 46.5 Å². The van der Waals surface area contributed by atoms with E-state index in [1.807, 2.05) is 6.07 Å². The highest BCUT2D eigenvalue weighted by molar-refractivity contribution is 5.39. The molecular weight excluding hydrogens is 248 g/mol. The first-order valence-corrected chi connectivity index (χ1v) is 8.03.